The molecule has 0 aliphatic rings. The topological polar surface area (TPSA) is 3.24 Å². The lowest BCUT2D eigenvalue weighted by molar-refractivity contribution is 1.28. The molecule has 53 heavy (non-hydrogen) atoms. The van der Waals surface area contributed by atoms with Gasteiger partial charge in [-0.05, 0) is 113 Å². The lowest BCUT2D eigenvalue weighted by Crippen LogP contribution is -2.11. The summed E-state index contributed by atoms with van der Waals surface area (Å²) >= 11 is 0. The molecule has 10 aromatic carbocycles. The molecule has 0 bridgehead atoms. The van der Waals surface area contributed by atoms with E-state index < -0.39 is 0 Å². The van der Waals surface area contributed by atoms with Crippen molar-refractivity contribution in [3.8, 4) is 33.4 Å². The minimum absolute atomic E-state index is 1.10. The number of hydrogen-bond acceptors (Lipinski definition) is 1. The molecule has 1 heteroatoms. The summed E-state index contributed by atoms with van der Waals surface area (Å²) in [4.78, 5) is 2.40. The predicted molar refractivity (Wildman–Crippen MR) is 227 cm³/mol. The lowest BCUT2D eigenvalue weighted by Gasteiger charge is -2.29. The van der Waals surface area contributed by atoms with Crippen LogP contribution in [0.5, 0.6) is 0 Å². The standard InChI is InChI=1S/C52H35N/c1-3-12-36(13-4-1)42-28-33-52(51(35-42)47-21-11-16-38-14-7-9-19-45(38)47)53(43-17-5-2-6-18-43)44-29-24-37(25-30-44)41-23-22-40-27-31-48-46-20-10-8-15-39(46)26-32-49(48)50(40)34-41/h1-35H. The fourth-order valence-electron chi connectivity index (χ4n) is 8.02. The van der Waals surface area contributed by atoms with Gasteiger partial charge in [-0.3, -0.25) is 0 Å². The lowest BCUT2D eigenvalue weighted by atomic mass is 9.92. The SMILES string of the molecule is c1ccc(-c2ccc(N(c3ccccc3)c3ccc(-c4ccc5ccc6c7ccccc7ccc6c5c4)cc3)c(-c3cccc4ccccc34)c2)cc1. The first-order valence-electron chi connectivity index (χ1n) is 18.3. The van der Waals surface area contributed by atoms with Gasteiger partial charge in [-0.15, -0.1) is 0 Å². The summed E-state index contributed by atoms with van der Waals surface area (Å²) in [5.41, 5.74) is 10.5. The summed E-state index contributed by atoms with van der Waals surface area (Å²) in [7, 11) is 0. The highest BCUT2D eigenvalue weighted by Crippen LogP contribution is 2.45. The first kappa shape index (κ1) is 30.8. The van der Waals surface area contributed by atoms with Crippen LogP contribution < -0.4 is 4.90 Å². The van der Waals surface area contributed by atoms with Crippen LogP contribution in [0.25, 0.3) is 76.5 Å². The third kappa shape index (κ3) is 5.51. The van der Waals surface area contributed by atoms with Crippen LogP contribution in [-0.2, 0) is 0 Å². The number of para-hydroxylation sites is 1. The Bertz CT molecular complexity index is 2920. The Balaban J connectivity index is 1.12. The number of hydrogen-bond donors (Lipinski definition) is 0. The second-order valence-corrected chi connectivity index (χ2v) is 13.7. The van der Waals surface area contributed by atoms with Gasteiger partial charge in [0.15, 0.2) is 0 Å². The monoisotopic (exact) mass is 673 g/mol. The molecule has 0 saturated heterocycles. The molecule has 10 aromatic rings. The van der Waals surface area contributed by atoms with Gasteiger partial charge in [0.1, 0.15) is 0 Å². The van der Waals surface area contributed by atoms with Crippen LogP contribution in [0, 0.1) is 0 Å². The number of nitrogens with zero attached hydrogens (tertiary/aromatic N) is 1. The van der Waals surface area contributed by atoms with Gasteiger partial charge in [-0.2, -0.15) is 0 Å². The normalized spacial score (nSPS) is 11.4. The minimum Gasteiger partial charge on any atom is -0.310 e. The summed E-state index contributed by atoms with van der Waals surface area (Å²) in [6, 6.07) is 77.3. The molecule has 0 aliphatic carbocycles. The first-order chi connectivity index (χ1) is 26.3. The van der Waals surface area contributed by atoms with Gasteiger partial charge in [0.25, 0.3) is 0 Å². The second-order valence-electron chi connectivity index (χ2n) is 13.7. The van der Waals surface area contributed by atoms with E-state index in [2.05, 4.69) is 217 Å². The van der Waals surface area contributed by atoms with Crippen LogP contribution in [0.2, 0.25) is 0 Å². The molecule has 0 N–H and O–H groups in total. The molecule has 0 heterocycles. The molecular weight excluding hydrogens is 639 g/mol. The van der Waals surface area contributed by atoms with Crippen molar-refractivity contribution >= 4 is 60.2 Å². The zero-order chi connectivity index (χ0) is 35.1. The van der Waals surface area contributed by atoms with Crippen LogP contribution in [0.3, 0.4) is 0 Å². The average Bonchev–Trinajstić information content (AvgIpc) is 3.24. The summed E-state index contributed by atoms with van der Waals surface area (Å²) in [5.74, 6) is 0. The number of fused-ring (bicyclic) bond motifs is 6. The molecule has 0 atom stereocenters. The van der Waals surface area contributed by atoms with E-state index in [1.807, 2.05) is 0 Å². The maximum Gasteiger partial charge on any atom is 0.0540 e. The summed E-state index contributed by atoms with van der Waals surface area (Å²) < 4.78 is 0. The highest BCUT2D eigenvalue weighted by molar-refractivity contribution is 6.17. The molecule has 10 rings (SSSR count). The zero-order valence-electron chi connectivity index (χ0n) is 29.2. The third-order valence-corrected chi connectivity index (χ3v) is 10.6. The van der Waals surface area contributed by atoms with Gasteiger partial charge in [-0.25, -0.2) is 0 Å². The summed E-state index contributed by atoms with van der Waals surface area (Å²) in [6.45, 7) is 0. The van der Waals surface area contributed by atoms with E-state index in [9.17, 15) is 0 Å². The van der Waals surface area contributed by atoms with Gasteiger partial charge in [0.05, 0.1) is 5.69 Å². The Morgan fingerprint density at radius 3 is 1.53 bits per heavy atom. The van der Waals surface area contributed by atoms with Crippen molar-refractivity contribution in [2.45, 2.75) is 0 Å². The first-order valence-corrected chi connectivity index (χ1v) is 18.3. The third-order valence-electron chi connectivity index (χ3n) is 10.6. The molecule has 0 aromatic heterocycles. The molecule has 0 radical (unpaired) electrons. The maximum atomic E-state index is 2.40. The van der Waals surface area contributed by atoms with Crippen LogP contribution in [-0.4, -0.2) is 0 Å². The van der Waals surface area contributed by atoms with Gasteiger partial charge >= 0.3 is 0 Å². The van der Waals surface area contributed by atoms with Crippen LogP contribution in [0.1, 0.15) is 0 Å². The fourth-order valence-corrected chi connectivity index (χ4v) is 8.02. The Morgan fingerprint density at radius 1 is 0.245 bits per heavy atom. The van der Waals surface area contributed by atoms with Gasteiger partial charge in [-0.1, -0.05) is 170 Å². The quantitative estimate of drug-likeness (QED) is 0.159. The van der Waals surface area contributed by atoms with Crippen molar-refractivity contribution in [1.29, 1.82) is 0 Å². The molecular formula is C52H35N. The minimum atomic E-state index is 1.10. The molecule has 0 fully saturated rings. The number of anilines is 3. The largest absolute Gasteiger partial charge is 0.310 e. The molecule has 0 unspecified atom stereocenters. The van der Waals surface area contributed by atoms with E-state index in [1.54, 1.807) is 0 Å². The van der Waals surface area contributed by atoms with E-state index in [0.29, 0.717) is 0 Å². The van der Waals surface area contributed by atoms with Crippen LogP contribution >= 0.6 is 0 Å². The molecule has 0 saturated carbocycles. The van der Waals surface area contributed by atoms with E-state index in [1.165, 1.54) is 76.5 Å². The molecule has 0 spiro atoms. The number of rotatable bonds is 6. The molecule has 1 nitrogen and oxygen atoms in total. The second kappa shape index (κ2) is 13.0. The number of benzene rings is 10. The highest BCUT2D eigenvalue weighted by Gasteiger charge is 2.20. The van der Waals surface area contributed by atoms with E-state index in [4.69, 9.17) is 0 Å². The van der Waals surface area contributed by atoms with Crippen molar-refractivity contribution in [3.63, 3.8) is 0 Å². The van der Waals surface area contributed by atoms with Crippen molar-refractivity contribution < 1.29 is 0 Å². The van der Waals surface area contributed by atoms with E-state index in [-0.39, 0.29) is 0 Å². The van der Waals surface area contributed by atoms with Crippen molar-refractivity contribution in [2.75, 3.05) is 4.90 Å². The van der Waals surface area contributed by atoms with Crippen molar-refractivity contribution in [2.24, 2.45) is 0 Å². The molecule has 0 aliphatic heterocycles. The van der Waals surface area contributed by atoms with Gasteiger partial charge < -0.3 is 4.90 Å². The average molecular weight is 674 g/mol. The Labute approximate surface area is 309 Å². The summed E-state index contributed by atoms with van der Waals surface area (Å²) in [5, 5.41) is 10.1. The van der Waals surface area contributed by atoms with Gasteiger partial charge in [0.2, 0.25) is 0 Å². The highest BCUT2D eigenvalue weighted by atomic mass is 15.1. The van der Waals surface area contributed by atoms with Crippen molar-refractivity contribution in [1.82, 2.24) is 0 Å². The van der Waals surface area contributed by atoms with Crippen LogP contribution in [0.15, 0.2) is 212 Å². The zero-order valence-corrected chi connectivity index (χ0v) is 29.2. The van der Waals surface area contributed by atoms with Gasteiger partial charge in [0, 0.05) is 16.9 Å². The Hall–Kier alpha value is -6.96. The van der Waals surface area contributed by atoms with E-state index >= 15 is 0 Å². The summed E-state index contributed by atoms with van der Waals surface area (Å²) in [6.07, 6.45) is 0. The van der Waals surface area contributed by atoms with E-state index in [0.717, 1.165) is 17.1 Å². The fraction of sp³-hybridized carbons (Fsp3) is 0. The predicted octanol–water partition coefficient (Wildman–Crippen LogP) is 14.8. The molecule has 248 valence electrons. The Morgan fingerprint density at radius 2 is 0.755 bits per heavy atom. The maximum absolute atomic E-state index is 2.40. The smallest absolute Gasteiger partial charge is 0.0540 e. The Kier molecular flexibility index (Phi) is 7.55. The van der Waals surface area contributed by atoms with Crippen molar-refractivity contribution in [3.05, 3.63) is 212 Å². The molecule has 0 amide bonds. The van der Waals surface area contributed by atoms with Crippen LogP contribution in [0.4, 0.5) is 17.1 Å².